The van der Waals surface area contributed by atoms with Crippen LogP contribution in [0.1, 0.15) is 0 Å². The number of halogens is 1. The highest BCUT2D eigenvalue weighted by molar-refractivity contribution is 7.89. The fraction of sp³-hybridized carbons (Fsp3) is 0.500. The number of ether oxygens (including phenoxy) is 1. The van der Waals surface area contributed by atoms with Crippen LogP contribution >= 0.6 is 0 Å². The molecule has 3 rings (SSSR count). The molecule has 0 bridgehead atoms. The summed E-state index contributed by atoms with van der Waals surface area (Å²) in [6, 6.07) is 4.74. The Morgan fingerprint density at radius 2 is 2.05 bits per heavy atom. The minimum Gasteiger partial charge on any atom is -0.371 e. The van der Waals surface area contributed by atoms with Gasteiger partial charge < -0.3 is 9.64 Å². The van der Waals surface area contributed by atoms with Crippen molar-refractivity contribution >= 4 is 15.9 Å². The van der Waals surface area contributed by atoms with Crippen LogP contribution in [-0.4, -0.2) is 62.9 Å². The molecule has 8 heteroatoms. The maximum absolute atomic E-state index is 13.3. The molecule has 0 aromatic heterocycles. The van der Waals surface area contributed by atoms with Crippen molar-refractivity contribution in [3.8, 4) is 0 Å². The third-order valence-electron chi connectivity index (χ3n) is 4.46. The van der Waals surface area contributed by atoms with Crippen molar-refractivity contribution in [3.63, 3.8) is 0 Å². The molecule has 0 spiro atoms. The summed E-state index contributed by atoms with van der Waals surface area (Å²) < 4.78 is 45.0. The highest BCUT2D eigenvalue weighted by Gasteiger charge is 2.53. The average Bonchev–Trinajstić information content (AvgIpc) is 3.00. The molecule has 120 valence electrons. The molecule has 2 aliphatic rings. The summed E-state index contributed by atoms with van der Waals surface area (Å²) in [7, 11) is -0.679. The number of likely N-dealkylation sites (N-methyl/N-ethyl adjacent to an activating group) is 1. The first-order chi connectivity index (χ1) is 10.4. The minimum atomic E-state index is -3.78. The Labute approximate surface area is 128 Å². The first-order valence-corrected chi connectivity index (χ1v) is 8.35. The van der Waals surface area contributed by atoms with Gasteiger partial charge in [-0.25, -0.2) is 12.8 Å². The van der Waals surface area contributed by atoms with Crippen LogP contribution in [-0.2, 0) is 19.6 Å². The molecule has 22 heavy (non-hydrogen) atoms. The molecule has 0 aliphatic carbocycles. The van der Waals surface area contributed by atoms with E-state index in [1.54, 1.807) is 11.9 Å². The van der Waals surface area contributed by atoms with E-state index in [0.29, 0.717) is 0 Å². The van der Waals surface area contributed by atoms with Crippen molar-refractivity contribution in [3.05, 3.63) is 30.1 Å². The van der Waals surface area contributed by atoms with Gasteiger partial charge in [-0.15, -0.1) is 0 Å². The zero-order valence-electron chi connectivity index (χ0n) is 12.3. The molecule has 2 heterocycles. The molecule has 1 aromatic carbocycles. The maximum Gasteiger partial charge on any atom is 0.252 e. The number of likely N-dealkylation sites (tertiary alicyclic amines) is 1. The van der Waals surface area contributed by atoms with Crippen molar-refractivity contribution in [1.82, 2.24) is 9.21 Å². The Morgan fingerprint density at radius 3 is 2.68 bits per heavy atom. The van der Waals surface area contributed by atoms with E-state index < -0.39 is 21.9 Å². The summed E-state index contributed by atoms with van der Waals surface area (Å²) in [6.07, 6.45) is -0.622. The van der Waals surface area contributed by atoms with Gasteiger partial charge in [-0.3, -0.25) is 4.79 Å². The smallest absolute Gasteiger partial charge is 0.252 e. The van der Waals surface area contributed by atoms with Gasteiger partial charge in [0.05, 0.1) is 10.9 Å². The standard InChI is InChI=1S/C14H17FN2O4S/c1-16-12-8-17(7-11(12)13(21-2)14(16)18)22(19,20)10-5-3-4-9(15)6-10/h3-6,11-13H,7-8H2,1-2H3/t11-,12+,13-/m0/s1. The number of fused-ring (bicyclic) bond motifs is 1. The van der Waals surface area contributed by atoms with E-state index in [9.17, 15) is 17.6 Å². The number of hydrogen-bond acceptors (Lipinski definition) is 4. The number of sulfonamides is 1. The predicted molar refractivity (Wildman–Crippen MR) is 76.0 cm³/mol. The van der Waals surface area contributed by atoms with Gasteiger partial charge in [0.1, 0.15) is 11.9 Å². The summed E-state index contributed by atoms with van der Waals surface area (Å²) >= 11 is 0. The van der Waals surface area contributed by atoms with Crippen LogP contribution in [0.15, 0.2) is 29.2 Å². The van der Waals surface area contributed by atoms with Crippen molar-refractivity contribution < 1.29 is 22.3 Å². The third kappa shape index (κ3) is 2.22. The molecular weight excluding hydrogens is 311 g/mol. The van der Waals surface area contributed by atoms with Crippen LogP contribution in [0.25, 0.3) is 0 Å². The fourth-order valence-electron chi connectivity index (χ4n) is 3.28. The lowest BCUT2D eigenvalue weighted by Gasteiger charge is -2.21. The number of amides is 1. The Bertz CT molecular complexity index is 709. The summed E-state index contributed by atoms with van der Waals surface area (Å²) in [4.78, 5) is 13.5. The number of nitrogens with zero attached hydrogens (tertiary/aromatic N) is 2. The van der Waals surface area contributed by atoms with Gasteiger partial charge in [-0.1, -0.05) is 6.07 Å². The topological polar surface area (TPSA) is 66.9 Å². The van der Waals surface area contributed by atoms with Crippen LogP contribution in [0.5, 0.6) is 0 Å². The molecule has 3 atom stereocenters. The summed E-state index contributed by atoms with van der Waals surface area (Å²) in [6.45, 7) is 0.393. The minimum absolute atomic E-state index is 0.0737. The lowest BCUT2D eigenvalue weighted by atomic mass is 10.0. The number of carbonyl (C=O) groups excluding carboxylic acids is 1. The van der Waals surface area contributed by atoms with Gasteiger partial charge in [-0.05, 0) is 18.2 Å². The van der Waals surface area contributed by atoms with Crippen molar-refractivity contribution in [2.24, 2.45) is 5.92 Å². The quantitative estimate of drug-likeness (QED) is 0.800. The molecular formula is C14H17FN2O4S. The number of rotatable bonds is 3. The third-order valence-corrected chi connectivity index (χ3v) is 6.29. The molecule has 0 unspecified atom stereocenters. The highest BCUT2D eigenvalue weighted by atomic mass is 32.2. The van der Waals surface area contributed by atoms with Crippen LogP contribution < -0.4 is 0 Å². The van der Waals surface area contributed by atoms with Crippen molar-refractivity contribution in [1.29, 1.82) is 0 Å². The maximum atomic E-state index is 13.3. The lowest BCUT2D eigenvalue weighted by molar-refractivity contribution is -0.136. The van der Waals surface area contributed by atoms with Gasteiger partial charge in [-0.2, -0.15) is 4.31 Å². The molecule has 0 saturated carbocycles. The van der Waals surface area contributed by atoms with Gasteiger partial charge in [0.15, 0.2) is 0 Å². The molecule has 2 aliphatic heterocycles. The van der Waals surface area contributed by atoms with Crippen LogP contribution in [0.2, 0.25) is 0 Å². The van der Waals surface area contributed by atoms with Crippen molar-refractivity contribution in [2.45, 2.75) is 17.0 Å². The van der Waals surface area contributed by atoms with Crippen molar-refractivity contribution in [2.75, 3.05) is 27.2 Å². The second-order valence-electron chi connectivity index (χ2n) is 5.62. The van der Waals surface area contributed by atoms with Crippen LogP contribution in [0.3, 0.4) is 0 Å². The second kappa shape index (κ2) is 5.29. The number of benzene rings is 1. The lowest BCUT2D eigenvalue weighted by Crippen LogP contribution is -2.38. The van der Waals surface area contributed by atoms with E-state index in [0.717, 1.165) is 6.07 Å². The number of hydrogen-bond donors (Lipinski definition) is 0. The number of methoxy groups -OCH3 is 1. The molecule has 0 radical (unpaired) electrons. The van der Waals surface area contributed by atoms with E-state index in [1.807, 2.05) is 0 Å². The molecule has 2 saturated heterocycles. The van der Waals surface area contributed by atoms with Gasteiger partial charge in [0.2, 0.25) is 10.0 Å². The first kappa shape index (κ1) is 15.4. The highest BCUT2D eigenvalue weighted by Crippen LogP contribution is 2.35. The van der Waals surface area contributed by atoms with E-state index in [-0.39, 0.29) is 35.9 Å². The Morgan fingerprint density at radius 1 is 1.32 bits per heavy atom. The average molecular weight is 328 g/mol. The normalized spacial score (nSPS) is 29.1. The van der Waals surface area contributed by atoms with Crippen LogP contribution in [0, 0.1) is 11.7 Å². The molecule has 6 nitrogen and oxygen atoms in total. The molecule has 0 N–H and O–H groups in total. The zero-order valence-corrected chi connectivity index (χ0v) is 13.1. The van der Waals surface area contributed by atoms with E-state index >= 15 is 0 Å². The second-order valence-corrected chi connectivity index (χ2v) is 7.55. The Balaban J connectivity index is 1.88. The van der Waals surface area contributed by atoms with Gasteiger partial charge in [0.25, 0.3) is 5.91 Å². The van der Waals surface area contributed by atoms with E-state index in [1.165, 1.54) is 29.6 Å². The first-order valence-electron chi connectivity index (χ1n) is 6.91. The summed E-state index contributed by atoms with van der Waals surface area (Å²) in [5, 5.41) is 0. The zero-order chi connectivity index (χ0) is 16.1. The van der Waals surface area contributed by atoms with Crippen LogP contribution in [0.4, 0.5) is 4.39 Å². The SMILES string of the molecule is CO[C@@H]1C(=O)N(C)[C@@H]2CN(S(=O)(=O)c3cccc(F)c3)C[C@H]12. The molecule has 2 fully saturated rings. The van der Waals surface area contributed by atoms with Gasteiger partial charge in [0, 0.05) is 33.2 Å². The van der Waals surface area contributed by atoms with Gasteiger partial charge >= 0.3 is 0 Å². The fourth-order valence-corrected chi connectivity index (χ4v) is 4.81. The Hall–Kier alpha value is -1.51. The summed E-state index contributed by atoms with van der Waals surface area (Å²) in [5.74, 6) is -0.923. The Kier molecular flexibility index (Phi) is 3.70. The predicted octanol–water partition coefficient (Wildman–Crippen LogP) is 0.302. The molecule has 1 aromatic rings. The van der Waals surface area contributed by atoms with E-state index in [2.05, 4.69) is 0 Å². The van der Waals surface area contributed by atoms with E-state index in [4.69, 9.17) is 4.74 Å². The monoisotopic (exact) mass is 328 g/mol. The molecule has 1 amide bonds. The summed E-state index contributed by atoms with van der Waals surface area (Å²) in [5.41, 5.74) is 0. The largest absolute Gasteiger partial charge is 0.371 e. The number of carbonyl (C=O) groups is 1.